The van der Waals surface area contributed by atoms with Crippen molar-refractivity contribution in [1.82, 2.24) is 0 Å². The molecule has 0 aromatic heterocycles. The van der Waals surface area contributed by atoms with Gasteiger partial charge in [-0.05, 0) is 23.8 Å². The SMILES string of the molecule is C=C/C=C\C(=C)COC(=O)Nc1ccc(C=O)cc1F. The number of anilines is 1. The van der Waals surface area contributed by atoms with E-state index < -0.39 is 11.9 Å². The van der Waals surface area contributed by atoms with E-state index in [1.165, 1.54) is 12.1 Å². The van der Waals surface area contributed by atoms with E-state index >= 15 is 0 Å². The number of hydrogen-bond donors (Lipinski definition) is 1. The van der Waals surface area contributed by atoms with E-state index in [4.69, 9.17) is 4.74 Å². The molecule has 5 heteroatoms. The molecule has 0 spiro atoms. The number of hydrogen-bond acceptors (Lipinski definition) is 3. The highest BCUT2D eigenvalue weighted by atomic mass is 19.1. The summed E-state index contributed by atoms with van der Waals surface area (Å²) in [5.74, 6) is -0.711. The number of carbonyl (C=O) groups is 2. The molecule has 20 heavy (non-hydrogen) atoms. The number of allylic oxidation sites excluding steroid dienone is 2. The van der Waals surface area contributed by atoms with Crippen LogP contribution in [0.3, 0.4) is 0 Å². The first kappa shape index (κ1) is 15.4. The number of halogens is 1. The summed E-state index contributed by atoms with van der Waals surface area (Å²) in [7, 11) is 0. The standard InChI is InChI=1S/C15H14FNO3/c1-3-4-5-11(2)10-20-15(19)17-14-7-6-12(9-18)8-13(14)16/h3-9H,1-2,10H2,(H,17,19)/b5-4-. The predicted molar refractivity (Wildman–Crippen MR) is 75.2 cm³/mol. The summed E-state index contributed by atoms with van der Waals surface area (Å²) in [6.45, 7) is 7.13. The van der Waals surface area contributed by atoms with Crippen LogP contribution in [0.1, 0.15) is 10.4 Å². The molecule has 0 aliphatic carbocycles. The number of rotatable bonds is 6. The molecule has 1 aromatic carbocycles. The van der Waals surface area contributed by atoms with E-state index in [-0.39, 0.29) is 17.9 Å². The van der Waals surface area contributed by atoms with Gasteiger partial charge in [-0.25, -0.2) is 9.18 Å². The van der Waals surface area contributed by atoms with Crippen LogP contribution in [0.2, 0.25) is 0 Å². The van der Waals surface area contributed by atoms with Crippen molar-refractivity contribution in [1.29, 1.82) is 0 Å². The Labute approximate surface area is 116 Å². The van der Waals surface area contributed by atoms with Crippen molar-refractivity contribution in [2.45, 2.75) is 0 Å². The first-order valence-corrected chi connectivity index (χ1v) is 5.72. The van der Waals surface area contributed by atoms with Crippen molar-refractivity contribution in [2.75, 3.05) is 11.9 Å². The lowest BCUT2D eigenvalue weighted by molar-refractivity contribution is 0.112. The maximum absolute atomic E-state index is 13.5. The molecule has 104 valence electrons. The fraction of sp³-hybridized carbons (Fsp3) is 0.0667. The summed E-state index contributed by atoms with van der Waals surface area (Å²) in [5, 5.41) is 2.24. The number of carbonyl (C=O) groups excluding carboxylic acids is 2. The van der Waals surface area contributed by atoms with Gasteiger partial charge in [0.2, 0.25) is 0 Å². The molecular formula is C15H14FNO3. The van der Waals surface area contributed by atoms with Crippen molar-refractivity contribution in [3.63, 3.8) is 0 Å². The van der Waals surface area contributed by atoms with Gasteiger partial charge in [-0.1, -0.05) is 31.4 Å². The third-order valence-electron chi connectivity index (χ3n) is 2.22. The molecule has 1 amide bonds. The maximum atomic E-state index is 13.5. The predicted octanol–water partition coefficient (Wildman–Crippen LogP) is 3.49. The third kappa shape index (κ3) is 4.89. The molecule has 0 aliphatic rings. The quantitative estimate of drug-likeness (QED) is 0.638. The van der Waals surface area contributed by atoms with Crippen LogP contribution < -0.4 is 5.32 Å². The summed E-state index contributed by atoms with van der Waals surface area (Å²) >= 11 is 0. The van der Waals surface area contributed by atoms with Gasteiger partial charge in [-0.15, -0.1) is 0 Å². The van der Waals surface area contributed by atoms with Crippen LogP contribution in [0.15, 0.2) is 55.2 Å². The lowest BCUT2D eigenvalue weighted by Crippen LogP contribution is -2.15. The fourth-order valence-electron chi connectivity index (χ4n) is 1.26. The topological polar surface area (TPSA) is 55.4 Å². The highest BCUT2D eigenvalue weighted by molar-refractivity contribution is 5.86. The largest absolute Gasteiger partial charge is 0.444 e. The van der Waals surface area contributed by atoms with E-state index in [2.05, 4.69) is 18.5 Å². The van der Waals surface area contributed by atoms with E-state index in [0.717, 1.165) is 6.07 Å². The van der Waals surface area contributed by atoms with Gasteiger partial charge in [-0.2, -0.15) is 0 Å². The van der Waals surface area contributed by atoms with Gasteiger partial charge in [0, 0.05) is 5.56 Å². The minimum Gasteiger partial charge on any atom is -0.444 e. The Bertz CT molecular complexity index is 564. The van der Waals surface area contributed by atoms with Crippen molar-refractivity contribution in [3.05, 3.63) is 66.5 Å². The zero-order valence-corrected chi connectivity index (χ0v) is 10.8. The Kier molecular flexibility index (Phi) is 5.90. The molecule has 1 N–H and O–H groups in total. The molecule has 0 saturated heterocycles. The van der Waals surface area contributed by atoms with Crippen LogP contribution in [-0.4, -0.2) is 19.0 Å². The zero-order chi connectivity index (χ0) is 15.0. The molecule has 1 rings (SSSR count). The summed E-state index contributed by atoms with van der Waals surface area (Å²) in [6.07, 6.45) is 4.56. The Morgan fingerprint density at radius 2 is 2.20 bits per heavy atom. The van der Waals surface area contributed by atoms with Crippen LogP contribution >= 0.6 is 0 Å². The van der Waals surface area contributed by atoms with Crippen LogP contribution in [0.4, 0.5) is 14.9 Å². The van der Waals surface area contributed by atoms with Gasteiger partial charge in [0.25, 0.3) is 0 Å². The van der Waals surface area contributed by atoms with E-state index in [9.17, 15) is 14.0 Å². The smallest absolute Gasteiger partial charge is 0.412 e. The zero-order valence-electron chi connectivity index (χ0n) is 10.8. The molecule has 0 heterocycles. The number of ether oxygens (including phenoxy) is 1. The molecular weight excluding hydrogens is 261 g/mol. The normalized spacial score (nSPS) is 10.1. The van der Waals surface area contributed by atoms with Crippen molar-refractivity contribution < 1.29 is 18.7 Å². The summed E-state index contributed by atoms with van der Waals surface area (Å²) < 4.78 is 18.3. The molecule has 0 unspecified atom stereocenters. The maximum Gasteiger partial charge on any atom is 0.412 e. The van der Waals surface area contributed by atoms with Gasteiger partial charge < -0.3 is 4.74 Å². The number of benzene rings is 1. The van der Waals surface area contributed by atoms with E-state index in [0.29, 0.717) is 11.9 Å². The van der Waals surface area contributed by atoms with Crippen LogP contribution in [-0.2, 0) is 4.74 Å². The lowest BCUT2D eigenvalue weighted by atomic mass is 10.2. The van der Waals surface area contributed by atoms with Crippen molar-refractivity contribution in [3.8, 4) is 0 Å². The average molecular weight is 275 g/mol. The second-order valence-corrected chi connectivity index (χ2v) is 3.81. The summed E-state index contributed by atoms with van der Waals surface area (Å²) in [4.78, 5) is 21.9. The molecule has 0 bridgehead atoms. The molecule has 0 saturated carbocycles. The average Bonchev–Trinajstić information content (AvgIpc) is 2.45. The fourth-order valence-corrected chi connectivity index (χ4v) is 1.26. The summed E-state index contributed by atoms with van der Waals surface area (Å²) in [6, 6.07) is 3.69. The summed E-state index contributed by atoms with van der Waals surface area (Å²) in [5.41, 5.74) is 0.689. The van der Waals surface area contributed by atoms with Crippen molar-refractivity contribution in [2.24, 2.45) is 0 Å². The Balaban J connectivity index is 2.54. The van der Waals surface area contributed by atoms with Gasteiger partial charge in [0.15, 0.2) is 0 Å². The molecule has 0 aliphatic heterocycles. The van der Waals surface area contributed by atoms with Gasteiger partial charge in [0.1, 0.15) is 18.7 Å². The molecule has 4 nitrogen and oxygen atoms in total. The minimum absolute atomic E-state index is 0.0236. The number of aldehydes is 1. The molecule has 1 aromatic rings. The monoisotopic (exact) mass is 275 g/mol. The van der Waals surface area contributed by atoms with Crippen LogP contribution in [0.25, 0.3) is 0 Å². The third-order valence-corrected chi connectivity index (χ3v) is 2.22. The lowest BCUT2D eigenvalue weighted by Gasteiger charge is -2.08. The Hall–Kier alpha value is -2.69. The highest BCUT2D eigenvalue weighted by Crippen LogP contribution is 2.15. The van der Waals surface area contributed by atoms with Crippen LogP contribution in [0.5, 0.6) is 0 Å². The second kappa shape index (κ2) is 7.68. The van der Waals surface area contributed by atoms with E-state index in [1.807, 2.05) is 0 Å². The van der Waals surface area contributed by atoms with Crippen LogP contribution in [0, 0.1) is 5.82 Å². The second-order valence-electron chi connectivity index (χ2n) is 3.81. The minimum atomic E-state index is -0.809. The van der Waals surface area contributed by atoms with Gasteiger partial charge >= 0.3 is 6.09 Å². The number of nitrogens with one attached hydrogen (secondary N) is 1. The number of amides is 1. The van der Waals surface area contributed by atoms with Gasteiger partial charge in [-0.3, -0.25) is 10.1 Å². The van der Waals surface area contributed by atoms with Gasteiger partial charge in [0.05, 0.1) is 5.69 Å². The Morgan fingerprint density at radius 3 is 2.80 bits per heavy atom. The van der Waals surface area contributed by atoms with Crippen molar-refractivity contribution >= 4 is 18.1 Å². The first-order valence-electron chi connectivity index (χ1n) is 5.72. The Morgan fingerprint density at radius 1 is 1.45 bits per heavy atom. The molecule has 0 radical (unpaired) electrons. The molecule has 0 atom stereocenters. The first-order chi connectivity index (χ1) is 9.56. The van der Waals surface area contributed by atoms with E-state index in [1.54, 1.807) is 18.2 Å². The highest BCUT2D eigenvalue weighted by Gasteiger charge is 2.08. The molecule has 0 fully saturated rings.